The maximum atomic E-state index is 13.8. The third-order valence-electron chi connectivity index (χ3n) is 3.32. The number of aromatic nitrogens is 3. The summed E-state index contributed by atoms with van der Waals surface area (Å²) in [6, 6.07) is 9.67. The standard InChI is InChI=1S/C16H12ClF2N5OS/c17-11-7-9(18)5-6-13(11)21-14(25)8-26-16-23-22-15(24(16)20)10-3-1-2-4-12(10)19/h1-7H,8,20H2,(H,21,25). The summed E-state index contributed by atoms with van der Waals surface area (Å²) >= 11 is 6.88. The van der Waals surface area contributed by atoms with E-state index >= 15 is 0 Å². The number of anilines is 1. The second kappa shape index (κ2) is 7.71. The lowest BCUT2D eigenvalue weighted by Gasteiger charge is -2.07. The number of hydrogen-bond donors (Lipinski definition) is 2. The first-order valence-electron chi connectivity index (χ1n) is 7.29. The SMILES string of the molecule is Nn1c(SCC(=O)Nc2ccc(F)cc2Cl)nnc1-c1ccccc1F. The predicted octanol–water partition coefficient (Wildman–Crippen LogP) is 3.32. The van der Waals surface area contributed by atoms with Gasteiger partial charge in [0.25, 0.3) is 0 Å². The fourth-order valence-corrected chi connectivity index (χ4v) is 2.98. The van der Waals surface area contributed by atoms with Crippen LogP contribution in [0.15, 0.2) is 47.6 Å². The largest absolute Gasteiger partial charge is 0.335 e. The molecule has 1 heterocycles. The van der Waals surface area contributed by atoms with Gasteiger partial charge in [-0.05, 0) is 30.3 Å². The van der Waals surface area contributed by atoms with Crippen LogP contribution in [0.5, 0.6) is 0 Å². The van der Waals surface area contributed by atoms with E-state index in [1.165, 1.54) is 24.3 Å². The summed E-state index contributed by atoms with van der Waals surface area (Å²) in [6.07, 6.45) is 0. The summed E-state index contributed by atoms with van der Waals surface area (Å²) < 4.78 is 28.0. The first-order valence-corrected chi connectivity index (χ1v) is 8.65. The van der Waals surface area contributed by atoms with Crippen molar-refractivity contribution < 1.29 is 13.6 Å². The number of amides is 1. The highest BCUT2D eigenvalue weighted by Gasteiger charge is 2.16. The molecule has 1 aromatic heterocycles. The molecule has 134 valence electrons. The predicted molar refractivity (Wildman–Crippen MR) is 96.3 cm³/mol. The minimum Gasteiger partial charge on any atom is -0.335 e. The van der Waals surface area contributed by atoms with E-state index < -0.39 is 11.6 Å². The van der Waals surface area contributed by atoms with Crippen LogP contribution in [0.25, 0.3) is 11.4 Å². The van der Waals surface area contributed by atoms with Gasteiger partial charge in [-0.2, -0.15) is 0 Å². The van der Waals surface area contributed by atoms with Gasteiger partial charge in [0.05, 0.1) is 22.0 Å². The maximum absolute atomic E-state index is 13.8. The normalized spacial score (nSPS) is 10.7. The van der Waals surface area contributed by atoms with Gasteiger partial charge in [0.2, 0.25) is 11.1 Å². The van der Waals surface area contributed by atoms with Gasteiger partial charge in [-0.25, -0.2) is 13.5 Å². The van der Waals surface area contributed by atoms with Crippen LogP contribution in [0.4, 0.5) is 14.5 Å². The van der Waals surface area contributed by atoms with Crippen molar-refractivity contribution in [1.82, 2.24) is 14.9 Å². The Labute approximate surface area is 156 Å². The zero-order valence-corrected chi connectivity index (χ0v) is 14.7. The number of hydrogen-bond acceptors (Lipinski definition) is 5. The summed E-state index contributed by atoms with van der Waals surface area (Å²) in [5.74, 6) is 4.63. The molecule has 0 fully saturated rings. The van der Waals surface area contributed by atoms with E-state index in [-0.39, 0.29) is 33.2 Å². The summed E-state index contributed by atoms with van der Waals surface area (Å²) in [4.78, 5) is 12.0. The van der Waals surface area contributed by atoms with Crippen LogP contribution in [-0.2, 0) is 4.79 Å². The van der Waals surface area contributed by atoms with Crippen LogP contribution in [0.3, 0.4) is 0 Å². The fraction of sp³-hybridized carbons (Fsp3) is 0.0625. The summed E-state index contributed by atoms with van der Waals surface area (Å²) in [5, 5.41) is 10.6. The van der Waals surface area contributed by atoms with Gasteiger partial charge in [-0.1, -0.05) is 35.5 Å². The van der Waals surface area contributed by atoms with Crippen LogP contribution < -0.4 is 11.2 Å². The Kier molecular flexibility index (Phi) is 5.38. The van der Waals surface area contributed by atoms with Gasteiger partial charge in [-0.15, -0.1) is 10.2 Å². The van der Waals surface area contributed by atoms with Gasteiger partial charge < -0.3 is 11.2 Å². The summed E-state index contributed by atoms with van der Waals surface area (Å²) in [7, 11) is 0. The first-order chi connectivity index (χ1) is 12.5. The monoisotopic (exact) mass is 395 g/mol. The second-order valence-electron chi connectivity index (χ2n) is 5.12. The van der Waals surface area contributed by atoms with Gasteiger partial charge in [0.15, 0.2) is 5.82 Å². The Morgan fingerprint density at radius 2 is 2.00 bits per heavy atom. The lowest BCUT2D eigenvalue weighted by Crippen LogP contribution is -2.16. The van der Waals surface area contributed by atoms with Gasteiger partial charge in [0, 0.05) is 0 Å². The molecule has 0 bridgehead atoms. The van der Waals surface area contributed by atoms with E-state index in [1.807, 2.05) is 0 Å². The molecule has 10 heteroatoms. The molecule has 0 aliphatic carbocycles. The number of carbonyl (C=O) groups excluding carboxylic acids is 1. The Bertz CT molecular complexity index is 966. The van der Waals surface area contributed by atoms with Crippen LogP contribution >= 0.6 is 23.4 Å². The molecular weight excluding hydrogens is 384 g/mol. The number of nitrogens with one attached hydrogen (secondary N) is 1. The minimum atomic E-state index is -0.501. The molecule has 0 aliphatic heterocycles. The number of nitrogens with zero attached hydrogens (tertiary/aromatic N) is 3. The molecule has 3 rings (SSSR count). The fourth-order valence-electron chi connectivity index (χ4n) is 2.11. The molecule has 0 atom stereocenters. The van der Waals surface area contributed by atoms with Gasteiger partial charge >= 0.3 is 0 Å². The van der Waals surface area contributed by atoms with E-state index in [1.54, 1.807) is 12.1 Å². The smallest absolute Gasteiger partial charge is 0.234 e. The number of nitrogen functional groups attached to an aromatic ring is 1. The maximum Gasteiger partial charge on any atom is 0.234 e. The Hall–Kier alpha value is -2.65. The van der Waals surface area contributed by atoms with Crippen LogP contribution in [-0.4, -0.2) is 26.5 Å². The van der Waals surface area contributed by atoms with Crippen molar-refractivity contribution in [2.24, 2.45) is 0 Å². The highest BCUT2D eigenvalue weighted by Crippen LogP contribution is 2.25. The number of rotatable bonds is 5. The van der Waals surface area contributed by atoms with E-state index in [2.05, 4.69) is 15.5 Å². The van der Waals surface area contributed by atoms with Crippen LogP contribution in [0.1, 0.15) is 0 Å². The molecule has 2 aromatic carbocycles. The quantitative estimate of drug-likeness (QED) is 0.511. The molecule has 0 saturated heterocycles. The molecule has 1 amide bonds. The van der Waals surface area contributed by atoms with Crippen molar-refractivity contribution in [3.05, 3.63) is 59.1 Å². The molecule has 0 aliphatic rings. The molecular formula is C16H12ClF2N5OS. The molecule has 6 nitrogen and oxygen atoms in total. The van der Waals surface area contributed by atoms with Crippen LogP contribution in [0.2, 0.25) is 5.02 Å². The van der Waals surface area contributed by atoms with E-state index in [9.17, 15) is 13.6 Å². The van der Waals surface area contributed by atoms with Crippen molar-refractivity contribution in [3.8, 4) is 11.4 Å². The van der Waals surface area contributed by atoms with E-state index in [0.717, 1.165) is 22.5 Å². The topological polar surface area (TPSA) is 85.8 Å². The lowest BCUT2D eigenvalue weighted by atomic mass is 10.2. The van der Waals surface area contributed by atoms with Gasteiger partial charge in [0.1, 0.15) is 11.6 Å². The van der Waals surface area contributed by atoms with E-state index in [4.69, 9.17) is 17.4 Å². The van der Waals surface area contributed by atoms with Crippen molar-refractivity contribution in [2.75, 3.05) is 16.9 Å². The molecule has 3 N–H and O–H groups in total. The summed E-state index contributed by atoms with van der Waals surface area (Å²) in [6.45, 7) is 0. The minimum absolute atomic E-state index is 0.0414. The van der Waals surface area contributed by atoms with Crippen molar-refractivity contribution in [2.45, 2.75) is 5.16 Å². The van der Waals surface area contributed by atoms with Crippen molar-refractivity contribution in [3.63, 3.8) is 0 Å². The average Bonchev–Trinajstić information content (AvgIpc) is 2.97. The molecule has 3 aromatic rings. The molecule has 0 unspecified atom stereocenters. The second-order valence-corrected chi connectivity index (χ2v) is 6.47. The van der Waals surface area contributed by atoms with Gasteiger partial charge in [-0.3, -0.25) is 4.79 Å². The zero-order valence-electron chi connectivity index (χ0n) is 13.1. The van der Waals surface area contributed by atoms with Crippen LogP contribution in [0, 0.1) is 11.6 Å². The average molecular weight is 396 g/mol. The molecule has 0 saturated carbocycles. The number of carbonyl (C=O) groups is 1. The lowest BCUT2D eigenvalue weighted by molar-refractivity contribution is -0.113. The van der Waals surface area contributed by atoms with E-state index in [0.29, 0.717) is 5.69 Å². The third-order valence-corrected chi connectivity index (χ3v) is 4.57. The Morgan fingerprint density at radius 1 is 1.23 bits per heavy atom. The summed E-state index contributed by atoms with van der Waals surface area (Å²) in [5.41, 5.74) is 0.497. The number of benzene rings is 2. The zero-order chi connectivity index (χ0) is 18.7. The highest BCUT2D eigenvalue weighted by molar-refractivity contribution is 7.99. The number of halogens is 3. The number of nitrogens with two attached hydrogens (primary N) is 1. The highest BCUT2D eigenvalue weighted by atomic mass is 35.5. The molecule has 26 heavy (non-hydrogen) atoms. The first kappa shape index (κ1) is 18.2. The molecule has 0 spiro atoms. The Morgan fingerprint density at radius 3 is 2.73 bits per heavy atom. The number of thioether (sulfide) groups is 1. The van der Waals surface area contributed by atoms with Crippen molar-refractivity contribution >= 4 is 35.0 Å². The Balaban J connectivity index is 1.67. The molecule has 0 radical (unpaired) electrons. The van der Waals surface area contributed by atoms with Crippen molar-refractivity contribution in [1.29, 1.82) is 0 Å². The third kappa shape index (κ3) is 3.94.